The maximum absolute atomic E-state index is 14.0. The Morgan fingerprint density at radius 3 is 2.04 bits per heavy atom. The molecule has 11 N–H and O–H groups in total. The summed E-state index contributed by atoms with van der Waals surface area (Å²) in [6.07, 6.45) is 5.51. The van der Waals surface area contributed by atoms with Gasteiger partial charge in [-0.15, -0.1) is 0 Å². The van der Waals surface area contributed by atoms with Crippen molar-refractivity contribution in [1.82, 2.24) is 31.9 Å². The molecule has 7 amide bonds. The number of hydrogen-bond acceptors (Lipinski definition) is 11. The van der Waals surface area contributed by atoms with Gasteiger partial charge >= 0.3 is 7.12 Å². The molecule has 19 heteroatoms. The first-order valence-corrected chi connectivity index (χ1v) is 25.3. The lowest BCUT2D eigenvalue weighted by Crippen LogP contribution is -2.65. The number of aromatic hydroxyl groups is 1. The number of benzene rings is 3. The van der Waals surface area contributed by atoms with Gasteiger partial charge in [0.2, 0.25) is 35.4 Å². The number of nitrogens with one attached hydrogen (secondary N) is 6. The molecule has 3 saturated carbocycles. The summed E-state index contributed by atoms with van der Waals surface area (Å²) in [6, 6.07) is 15.7. The first kappa shape index (κ1) is 55.0. The van der Waals surface area contributed by atoms with E-state index in [0.29, 0.717) is 36.8 Å². The molecule has 4 fully saturated rings. The van der Waals surface area contributed by atoms with Crippen LogP contribution in [0.1, 0.15) is 127 Å². The van der Waals surface area contributed by atoms with Crippen LogP contribution in [-0.4, -0.2) is 102 Å². The molecule has 9 atom stereocenters. The maximum atomic E-state index is 14.0. The molecule has 1 saturated heterocycles. The summed E-state index contributed by atoms with van der Waals surface area (Å²) in [5.41, 5.74) is 14.8. The molecule has 4 aliphatic rings. The highest BCUT2D eigenvalue weighted by Crippen LogP contribution is 2.65. The number of unbranched alkanes of at least 4 members (excludes halogenated alkanes) is 2. The van der Waals surface area contributed by atoms with Crippen molar-refractivity contribution in [2.24, 2.45) is 28.7 Å². The zero-order valence-electron chi connectivity index (χ0n) is 42.4. The molecule has 3 aromatic rings. The highest BCUT2D eigenvalue weighted by atomic mass is 16.7. The molecule has 3 aromatic carbocycles. The smallest absolute Gasteiger partial charge is 0.481 e. The molecule has 72 heavy (non-hydrogen) atoms. The van der Waals surface area contributed by atoms with Gasteiger partial charge < -0.3 is 57.8 Å². The molecule has 1 aliphatic heterocycles. The lowest BCUT2D eigenvalue weighted by molar-refractivity contribution is -0.199. The Morgan fingerprint density at radius 2 is 1.42 bits per heavy atom. The van der Waals surface area contributed by atoms with E-state index in [0.717, 1.165) is 43.2 Å². The summed E-state index contributed by atoms with van der Waals surface area (Å²) in [5.74, 6) is -4.82. The lowest BCUT2D eigenvalue weighted by atomic mass is 9.43. The molecule has 1 unspecified atom stereocenters. The zero-order chi connectivity index (χ0) is 52.3. The van der Waals surface area contributed by atoms with Crippen molar-refractivity contribution in [3.05, 3.63) is 89.5 Å². The van der Waals surface area contributed by atoms with Crippen LogP contribution >= 0.6 is 0 Å². The standard InChI is InChI=1S/C53H73BN8O10/c1-7-8-11-33-13-15-34(16-14-33)35-17-19-37(20-18-35)48(67)57-27-25-45(65)60-40(12-9-10-26-55)49(68)62-46(36-21-23-39(63)24-22-36)51(70)58-31(2)47(66)61-41(30-44(56)64)50(69)59-32(3)54-71-43-29-38-28-42(52(38,4)5)53(43,6)72-54/h13-24,31-32,38,40-43,46,63H,7-12,25-30,55H2,1-6H3,(H2,56,64)(H,57,67)(H,58,70)(H,59,69)(H,60,65)(H,61,66)(H,62,68)/t31-,32-,38-,40-,41-,42-,43?,46-,53-/m0/s1. The first-order chi connectivity index (χ1) is 34.2. The minimum absolute atomic E-state index is 0.0230. The van der Waals surface area contributed by atoms with Crippen molar-refractivity contribution < 1.29 is 48.0 Å². The predicted molar refractivity (Wildman–Crippen MR) is 272 cm³/mol. The van der Waals surface area contributed by atoms with Gasteiger partial charge in [0, 0.05) is 18.5 Å². The molecule has 7 rings (SSSR count). The molecule has 0 radical (unpaired) electrons. The van der Waals surface area contributed by atoms with Crippen LogP contribution in [-0.2, 0) is 44.5 Å². The molecular formula is C53H73BN8O10. The molecule has 0 aromatic heterocycles. The van der Waals surface area contributed by atoms with E-state index in [4.69, 9.17) is 20.8 Å². The van der Waals surface area contributed by atoms with Crippen LogP contribution in [0.3, 0.4) is 0 Å². The van der Waals surface area contributed by atoms with Crippen molar-refractivity contribution in [3.63, 3.8) is 0 Å². The third-order valence-electron chi connectivity index (χ3n) is 14.8. The Kier molecular flexibility index (Phi) is 18.7. The Bertz CT molecular complexity index is 2400. The highest BCUT2D eigenvalue weighted by molar-refractivity contribution is 6.47. The fourth-order valence-corrected chi connectivity index (χ4v) is 10.3. The second-order valence-corrected chi connectivity index (χ2v) is 20.4. The van der Waals surface area contributed by atoms with Crippen molar-refractivity contribution in [1.29, 1.82) is 0 Å². The number of amides is 7. The second-order valence-electron chi connectivity index (χ2n) is 20.4. The van der Waals surface area contributed by atoms with Crippen molar-refractivity contribution in [2.45, 2.75) is 148 Å². The topological polar surface area (TPSA) is 282 Å². The Labute approximate surface area is 422 Å². The van der Waals surface area contributed by atoms with E-state index in [1.807, 2.05) is 12.1 Å². The van der Waals surface area contributed by atoms with Gasteiger partial charge in [-0.1, -0.05) is 75.7 Å². The number of nitrogens with two attached hydrogens (primary N) is 2. The van der Waals surface area contributed by atoms with Crippen LogP contribution in [0.15, 0.2) is 72.8 Å². The third-order valence-corrected chi connectivity index (χ3v) is 14.8. The van der Waals surface area contributed by atoms with Gasteiger partial charge in [-0.3, -0.25) is 33.6 Å². The third kappa shape index (κ3) is 13.6. The summed E-state index contributed by atoms with van der Waals surface area (Å²) in [4.78, 5) is 93.8. The molecule has 3 aliphatic carbocycles. The minimum atomic E-state index is -1.43. The molecule has 1 heterocycles. The number of rotatable bonds is 25. The quantitative estimate of drug-likeness (QED) is 0.0437. The number of phenols is 1. The normalized spacial score (nSPS) is 21.5. The summed E-state index contributed by atoms with van der Waals surface area (Å²) < 4.78 is 12.8. The van der Waals surface area contributed by atoms with E-state index in [-0.39, 0.29) is 48.1 Å². The van der Waals surface area contributed by atoms with Gasteiger partial charge in [-0.05, 0) is 136 Å². The Morgan fingerprint density at radius 1 is 0.764 bits per heavy atom. The van der Waals surface area contributed by atoms with E-state index in [2.05, 4.69) is 83.9 Å². The van der Waals surface area contributed by atoms with Crippen LogP contribution in [0.5, 0.6) is 5.75 Å². The maximum Gasteiger partial charge on any atom is 0.481 e. The Hall–Kier alpha value is -6.31. The molecular weight excluding hydrogens is 919 g/mol. The molecule has 0 spiro atoms. The fraction of sp³-hybridized carbons (Fsp3) is 0.528. The van der Waals surface area contributed by atoms with Crippen LogP contribution in [0.4, 0.5) is 0 Å². The minimum Gasteiger partial charge on any atom is -0.508 e. The largest absolute Gasteiger partial charge is 0.508 e. The molecule has 388 valence electrons. The van der Waals surface area contributed by atoms with E-state index >= 15 is 0 Å². The summed E-state index contributed by atoms with van der Waals surface area (Å²) >= 11 is 0. The number of primary amides is 1. The second kappa shape index (κ2) is 24.4. The summed E-state index contributed by atoms with van der Waals surface area (Å²) in [5, 5.41) is 26.1. The number of hydrogen-bond donors (Lipinski definition) is 9. The van der Waals surface area contributed by atoms with Crippen LogP contribution in [0, 0.1) is 17.3 Å². The average Bonchev–Trinajstić information content (AvgIpc) is 3.72. The number of aryl methyl sites for hydroxylation is 1. The molecule has 2 bridgehead atoms. The van der Waals surface area contributed by atoms with Crippen molar-refractivity contribution >= 4 is 48.5 Å². The Balaban J connectivity index is 1.04. The van der Waals surface area contributed by atoms with Gasteiger partial charge in [0.25, 0.3) is 5.91 Å². The predicted octanol–water partition coefficient (Wildman–Crippen LogP) is 3.63. The van der Waals surface area contributed by atoms with E-state index in [9.17, 15) is 38.7 Å². The molecule has 18 nitrogen and oxygen atoms in total. The van der Waals surface area contributed by atoms with Gasteiger partial charge in [0.15, 0.2) is 0 Å². The number of carbonyl (C=O) groups excluding carboxylic acids is 7. The van der Waals surface area contributed by atoms with Gasteiger partial charge in [0.05, 0.1) is 24.1 Å². The number of phenolic OH excluding ortho intramolecular Hbond substituents is 1. The van der Waals surface area contributed by atoms with Crippen LogP contribution in [0.2, 0.25) is 0 Å². The van der Waals surface area contributed by atoms with Crippen molar-refractivity contribution in [2.75, 3.05) is 13.1 Å². The van der Waals surface area contributed by atoms with E-state index in [1.54, 1.807) is 19.1 Å². The zero-order valence-corrected chi connectivity index (χ0v) is 42.4. The van der Waals surface area contributed by atoms with E-state index in [1.165, 1.54) is 36.8 Å². The monoisotopic (exact) mass is 993 g/mol. The number of carbonyl (C=O) groups is 7. The first-order valence-electron chi connectivity index (χ1n) is 25.3. The fourth-order valence-electron chi connectivity index (χ4n) is 10.3. The SMILES string of the molecule is CCCCc1ccc(-c2ccc(C(=O)NCCC(=O)N[C@@H](CCCCN)C(=O)N[C@H](C(=O)N[C@@H](C)C(=O)N[C@@H](CC(N)=O)C(=O)N[C@@H](C)B3OC4C[C@@H]5C[C@@H](C5(C)C)[C@]4(C)O3)c3ccc(O)cc3)cc2)cc1. The lowest BCUT2D eigenvalue weighted by Gasteiger charge is -2.64. The van der Waals surface area contributed by atoms with Crippen molar-refractivity contribution in [3.8, 4) is 16.9 Å². The van der Waals surface area contributed by atoms with Crippen LogP contribution < -0.4 is 43.4 Å². The van der Waals surface area contributed by atoms with Gasteiger partial charge in [-0.25, -0.2) is 0 Å². The van der Waals surface area contributed by atoms with Gasteiger partial charge in [-0.2, -0.15) is 0 Å². The van der Waals surface area contributed by atoms with Gasteiger partial charge in [0.1, 0.15) is 29.9 Å². The van der Waals surface area contributed by atoms with Crippen LogP contribution in [0.25, 0.3) is 11.1 Å². The summed E-state index contributed by atoms with van der Waals surface area (Å²) in [7, 11) is -0.769. The average molecular weight is 993 g/mol. The summed E-state index contributed by atoms with van der Waals surface area (Å²) in [6.45, 7) is 12.1. The van der Waals surface area contributed by atoms with E-state index < -0.39 is 84.7 Å². The highest BCUT2D eigenvalue weighted by Gasteiger charge is 2.68.